The number of rotatable bonds is 8. The van der Waals surface area contributed by atoms with Gasteiger partial charge in [0.05, 0.1) is 5.25 Å². The lowest BCUT2D eigenvalue weighted by molar-refractivity contribution is -0.137. The van der Waals surface area contributed by atoms with Gasteiger partial charge in [-0.15, -0.1) is 0 Å². The van der Waals surface area contributed by atoms with Crippen molar-refractivity contribution in [2.24, 2.45) is 0 Å². The molecule has 0 fully saturated rings. The summed E-state index contributed by atoms with van der Waals surface area (Å²) in [6.07, 6.45) is 1.86. The summed E-state index contributed by atoms with van der Waals surface area (Å²) < 4.78 is 25.7. The van der Waals surface area contributed by atoms with Crippen LogP contribution in [0.25, 0.3) is 0 Å². The highest BCUT2D eigenvalue weighted by Crippen LogP contribution is 2.19. The maximum Gasteiger partial charge on any atom is 0.318 e. The average Bonchev–Trinajstić information content (AvgIpc) is 2.21. The molecule has 0 aromatic rings. The molecule has 102 valence electrons. The maximum atomic E-state index is 12.3. The lowest BCUT2D eigenvalue weighted by Crippen LogP contribution is -2.45. The minimum atomic E-state index is -3.52. The van der Waals surface area contributed by atoms with E-state index in [0.717, 1.165) is 10.7 Å². The molecule has 17 heavy (non-hydrogen) atoms. The summed E-state index contributed by atoms with van der Waals surface area (Å²) in [5, 5.41) is 8.30. The Balaban J connectivity index is 5.12. The molecule has 1 atom stereocenters. The minimum absolute atomic E-state index is 0.331. The van der Waals surface area contributed by atoms with Crippen LogP contribution in [0, 0.1) is 0 Å². The van der Waals surface area contributed by atoms with E-state index in [0.29, 0.717) is 12.8 Å². The Morgan fingerprint density at radius 2 is 1.82 bits per heavy atom. The molecule has 0 saturated heterocycles. The van der Waals surface area contributed by atoms with E-state index >= 15 is 0 Å². The topological polar surface area (TPSA) is 74.7 Å². The van der Waals surface area contributed by atoms with E-state index in [9.17, 15) is 13.2 Å². The largest absolute Gasteiger partial charge is 0.480 e. The highest BCUT2D eigenvalue weighted by molar-refractivity contribution is 7.89. The van der Waals surface area contributed by atoms with Crippen molar-refractivity contribution in [2.75, 3.05) is 6.54 Å². The SMILES string of the molecule is CCCC(CC)S(=O)(=O)N(CC(=O)O)C(C)C. The van der Waals surface area contributed by atoms with Crippen molar-refractivity contribution in [3.05, 3.63) is 0 Å². The molecule has 0 heterocycles. The third-order valence-corrected chi connectivity index (χ3v) is 5.30. The molecule has 1 unspecified atom stereocenters. The molecule has 0 radical (unpaired) electrons. The van der Waals surface area contributed by atoms with Crippen molar-refractivity contribution >= 4 is 16.0 Å². The van der Waals surface area contributed by atoms with Gasteiger partial charge in [0.15, 0.2) is 0 Å². The fourth-order valence-corrected chi connectivity index (χ4v) is 3.99. The lowest BCUT2D eigenvalue weighted by atomic mass is 10.2. The minimum Gasteiger partial charge on any atom is -0.480 e. The smallest absolute Gasteiger partial charge is 0.318 e. The molecule has 6 heteroatoms. The predicted molar refractivity (Wildman–Crippen MR) is 67.4 cm³/mol. The van der Waals surface area contributed by atoms with E-state index in [4.69, 9.17) is 5.11 Å². The van der Waals surface area contributed by atoms with E-state index in [2.05, 4.69) is 0 Å². The Morgan fingerprint density at radius 3 is 2.12 bits per heavy atom. The van der Waals surface area contributed by atoms with Crippen LogP contribution >= 0.6 is 0 Å². The summed E-state index contributed by atoms with van der Waals surface area (Å²) in [5.74, 6) is -1.12. The van der Waals surface area contributed by atoms with Crippen molar-refractivity contribution in [3.63, 3.8) is 0 Å². The van der Waals surface area contributed by atoms with Crippen LogP contribution in [-0.4, -0.2) is 41.6 Å². The van der Waals surface area contributed by atoms with Crippen molar-refractivity contribution < 1.29 is 18.3 Å². The molecule has 0 aliphatic carbocycles. The summed E-state index contributed by atoms with van der Waals surface area (Å²) in [4.78, 5) is 10.7. The number of nitrogens with zero attached hydrogens (tertiary/aromatic N) is 1. The van der Waals surface area contributed by atoms with Crippen LogP contribution in [-0.2, 0) is 14.8 Å². The van der Waals surface area contributed by atoms with Gasteiger partial charge in [0.2, 0.25) is 10.0 Å². The van der Waals surface area contributed by atoms with Crippen LogP contribution in [0.4, 0.5) is 0 Å². The van der Waals surface area contributed by atoms with Crippen molar-refractivity contribution in [2.45, 2.75) is 58.2 Å². The van der Waals surface area contributed by atoms with Crippen molar-refractivity contribution in [1.82, 2.24) is 4.31 Å². The van der Waals surface area contributed by atoms with E-state index in [-0.39, 0.29) is 6.04 Å². The monoisotopic (exact) mass is 265 g/mol. The van der Waals surface area contributed by atoms with Gasteiger partial charge in [-0.1, -0.05) is 20.3 Å². The maximum absolute atomic E-state index is 12.3. The lowest BCUT2D eigenvalue weighted by Gasteiger charge is -2.28. The molecular formula is C11H23NO4S. The summed E-state index contributed by atoms with van der Waals surface area (Å²) in [6, 6.07) is -0.331. The molecule has 0 amide bonds. The van der Waals surface area contributed by atoms with Crippen LogP contribution in [0.5, 0.6) is 0 Å². The zero-order chi connectivity index (χ0) is 13.6. The molecule has 0 aromatic heterocycles. The number of hydrogen-bond donors (Lipinski definition) is 1. The molecule has 0 spiro atoms. The van der Waals surface area contributed by atoms with Gasteiger partial charge in [-0.05, 0) is 26.7 Å². The third-order valence-electron chi connectivity index (χ3n) is 2.68. The number of carbonyl (C=O) groups is 1. The van der Waals surface area contributed by atoms with E-state index in [1.807, 2.05) is 13.8 Å². The van der Waals surface area contributed by atoms with Gasteiger partial charge < -0.3 is 5.11 Å². The normalized spacial score (nSPS) is 14.2. The third kappa shape index (κ3) is 4.63. The molecule has 0 aliphatic heterocycles. The molecule has 5 nitrogen and oxygen atoms in total. The summed E-state index contributed by atoms with van der Waals surface area (Å²) in [5.41, 5.74) is 0. The Morgan fingerprint density at radius 1 is 1.29 bits per heavy atom. The van der Waals surface area contributed by atoms with Crippen LogP contribution in [0.1, 0.15) is 47.0 Å². The second kappa shape index (κ2) is 6.96. The van der Waals surface area contributed by atoms with Crippen LogP contribution in [0.15, 0.2) is 0 Å². The highest BCUT2D eigenvalue weighted by Gasteiger charge is 2.33. The predicted octanol–water partition coefficient (Wildman–Crippen LogP) is 1.69. The molecule has 0 aromatic carbocycles. The average molecular weight is 265 g/mol. The van der Waals surface area contributed by atoms with E-state index in [1.54, 1.807) is 13.8 Å². The summed E-state index contributed by atoms with van der Waals surface area (Å²) in [7, 11) is -3.52. The molecule has 0 aliphatic rings. The standard InChI is InChI=1S/C11H23NO4S/c1-5-7-10(6-2)17(15,16)12(9(3)4)8-11(13)14/h9-10H,5-8H2,1-4H3,(H,13,14). The Bertz CT molecular complexity index is 337. The van der Waals surface area contributed by atoms with E-state index < -0.39 is 27.8 Å². The van der Waals surface area contributed by atoms with Crippen LogP contribution < -0.4 is 0 Å². The van der Waals surface area contributed by atoms with Crippen molar-refractivity contribution in [1.29, 1.82) is 0 Å². The van der Waals surface area contributed by atoms with Gasteiger partial charge in [-0.3, -0.25) is 4.79 Å². The zero-order valence-corrected chi connectivity index (χ0v) is 11.8. The highest BCUT2D eigenvalue weighted by atomic mass is 32.2. The van der Waals surface area contributed by atoms with Gasteiger partial charge in [0.1, 0.15) is 6.54 Å². The number of aliphatic carboxylic acids is 1. The van der Waals surface area contributed by atoms with Gasteiger partial charge in [0, 0.05) is 6.04 Å². The fraction of sp³-hybridized carbons (Fsp3) is 0.909. The summed E-state index contributed by atoms with van der Waals surface area (Å²) >= 11 is 0. The molecule has 0 saturated carbocycles. The summed E-state index contributed by atoms with van der Waals surface area (Å²) in [6.45, 7) is 6.67. The van der Waals surface area contributed by atoms with Gasteiger partial charge in [-0.25, -0.2) is 8.42 Å². The quantitative estimate of drug-likeness (QED) is 0.724. The molecule has 0 bridgehead atoms. The number of sulfonamides is 1. The zero-order valence-electron chi connectivity index (χ0n) is 11.0. The molecule has 1 N–H and O–H groups in total. The van der Waals surface area contributed by atoms with E-state index in [1.165, 1.54) is 0 Å². The first-order valence-electron chi connectivity index (χ1n) is 5.99. The Kier molecular flexibility index (Phi) is 6.70. The Hall–Kier alpha value is -0.620. The van der Waals surface area contributed by atoms with Crippen LogP contribution in [0.2, 0.25) is 0 Å². The number of carboxylic acids is 1. The molecular weight excluding hydrogens is 242 g/mol. The second-order valence-electron chi connectivity index (χ2n) is 4.40. The second-order valence-corrected chi connectivity index (χ2v) is 6.56. The van der Waals surface area contributed by atoms with Gasteiger partial charge in [-0.2, -0.15) is 4.31 Å². The van der Waals surface area contributed by atoms with Crippen molar-refractivity contribution in [3.8, 4) is 0 Å². The first-order chi connectivity index (χ1) is 7.77. The van der Waals surface area contributed by atoms with Gasteiger partial charge in [0.25, 0.3) is 0 Å². The van der Waals surface area contributed by atoms with Gasteiger partial charge >= 0.3 is 5.97 Å². The first kappa shape index (κ1) is 16.4. The number of carboxylic acid groups (broad SMARTS) is 1. The fourth-order valence-electron chi connectivity index (χ4n) is 1.78. The first-order valence-corrected chi connectivity index (χ1v) is 7.50. The molecule has 0 rings (SSSR count). The Labute approximate surface area is 104 Å². The van der Waals surface area contributed by atoms with Crippen LogP contribution in [0.3, 0.4) is 0 Å². The number of hydrogen-bond acceptors (Lipinski definition) is 3.